The molecule has 0 radical (unpaired) electrons. The third kappa shape index (κ3) is 6.71. The van der Waals surface area contributed by atoms with Crippen LogP contribution in [-0.4, -0.2) is 42.3 Å². The van der Waals surface area contributed by atoms with Crippen LogP contribution in [-0.2, 0) is 24.8 Å². The van der Waals surface area contributed by atoms with Gasteiger partial charge in [-0.15, -0.1) is 0 Å². The van der Waals surface area contributed by atoms with E-state index < -0.39 is 20.0 Å². The standard InChI is InChI=1S/C25H27N3O7S2/c1-18-5-7-20(8-6-18)27-37(32,33)22-12-9-19(10-13-22)26-25(29)4-3-15-28(36(2,30)31)21-11-14-23-24(16-21)35-17-34-23/h5-14,16,27H,3-4,15,17H2,1-2H3,(H,26,29). The predicted molar refractivity (Wildman–Crippen MR) is 141 cm³/mol. The van der Waals surface area contributed by atoms with Crippen LogP contribution in [0.3, 0.4) is 0 Å². The maximum absolute atomic E-state index is 12.6. The minimum atomic E-state index is -3.78. The second-order valence-electron chi connectivity index (χ2n) is 8.52. The fraction of sp³-hybridized carbons (Fsp3) is 0.240. The Hall–Kier alpha value is -3.77. The number of carbonyl (C=O) groups is 1. The fourth-order valence-corrected chi connectivity index (χ4v) is 5.70. The van der Waals surface area contributed by atoms with Crippen molar-refractivity contribution in [3.63, 3.8) is 0 Å². The van der Waals surface area contributed by atoms with Gasteiger partial charge in [0.25, 0.3) is 10.0 Å². The van der Waals surface area contributed by atoms with Crippen LogP contribution in [0.4, 0.5) is 17.1 Å². The van der Waals surface area contributed by atoms with Crippen LogP contribution in [0, 0.1) is 6.92 Å². The summed E-state index contributed by atoms with van der Waals surface area (Å²) < 4.78 is 64.2. The Kier molecular flexibility index (Phi) is 7.60. The van der Waals surface area contributed by atoms with Crippen molar-refractivity contribution < 1.29 is 31.1 Å². The summed E-state index contributed by atoms with van der Waals surface area (Å²) >= 11 is 0. The SMILES string of the molecule is Cc1ccc(NS(=O)(=O)c2ccc(NC(=O)CCCN(c3ccc4c(c3)OCO4)S(C)(=O)=O)cc2)cc1. The summed E-state index contributed by atoms with van der Waals surface area (Å²) in [5.74, 6) is 0.678. The van der Waals surface area contributed by atoms with Crippen molar-refractivity contribution in [3.05, 3.63) is 72.3 Å². The van der Waals surface area contributed by atoms with Crippen molar-refractivity contribution >= 4 is 43.0 Å². The Morgan fingerprint density at radius 3 is 2.22 bits per heavy atom. The zero-order chi connectivity index (χ0) is 26.6. The van der Waals surface area contributed by atoms with Gasteiger partial charge in [0, 0.05) is 30.4 Å². The maximum atomic E-state index is 12.6. The van der Waals surface area contributed by atoms with Gasteiger partial charge in [0.2, 0.25) is 22.7 Å². The number of nitrogens with one attached hydrogen (secondary N) is 2. The molecular weight excluding hydrogens is 518 g/mol. The zero-order valence-electron chi connectivity index (χ0n) is 20.3. The molecule has 0 bridgehead atoms. The van der Waals surface area contributed by atoms with Crippen molar-refractivity contribution in [2.45, 2.75) is 24.7 Å². The number of hydrogen-bond donors (Lipinski definition) is 2. The second kappa shape index (κ2) is 10.7. The van der Waals surface area contributed by atoms with Crippen LogP contribution in [0.5, 0.6) is 11.5 Å². The van der Waals surface area contributed by atoms with Gasteiger partial charge in [-0.2, -0.15) is 0 Å². The van der Waals surface area contributed by atoms with Crippen molar-refractivity contribution in [3.8, 4) is 11.5 Å². The van der Waals surface area contributed by atoms with E-state index in [0.717, 1.165) is 11.8 Å². The molecule has 0 saturated carbocycles. The van der Waals surface area contributed by atoms with E-state index in [9.17, 15) is 21.6 Å². The Morgan fingerprint density at radius 2 is 1.54 bits per heavy atom. The first kappa shape index (κ1) is 26.3. The zero-order valence-corrected chi connectivity index (χ0v) is 21.9. The third-order valence-electron chi connectivity index (χ3n) is 5.56. The van der Waals surface area contributed by atoms with Crippen LogP contribution in [0.25, 0.3) is 0 Å². The number of hydrogen-bond acceptors (Lipinski definition) is 7. The number of sulfonamides is 2. The monoisotopic (exact) mass is 545 g/mol. The summed E-state index contributed by atoms with van der Waals surface area (Å²) in [6, 6.07) is 17.6. The lowest BCUT2D eigenvalue weighted by Gasteiger charge is -2.22. The van der Waals surface area contributed by atoms with E-state index in [1.54, 1.807) is 42.5 Å². The number of ether oxygens (including phenoxy) is 2. The van der Waals surface area contributed by atoms with E-state index in [2.05, 4.69) is 10.0 Å². The summed E-state index contributed by atoms with van der Waals surface area (Å²) in [4.78, 5) is 12.5. The number of amides is 1. The molecule has 0 atom stereocenters. The molecular formula is C25H27N3O7S2. The van der Waals surface area contributed by atoms with Crippen molar-refractivity contribution in [1.82, 2.24) is 0 Å². The molecule has 4 rings (SSSR count). The van der Waals surface area contributed by atoms with Gasteiger partial charge in [0.05, 0.1) is 16.8 Å². The van der Waals surface area contributed by atoms with Crippen molar-refractivity contribution in [1.29, 1.82) is 0 Å². The minimum Gasteiger partial charge on any atom is -0.454 e. The van der Waals surface area contributed by atoms with Crippen molar-refractivity contribution in [2.24, 2.45) is 0 Å². The van der Waals surface area contributed by atoms with Crippen LogP contribution < -0.4 is 23.8 Å². The number of rotatable bonds is 10. The lowest BCUT2D eigenvalue weighted by Crippen LogP contribution is -2.31. The molecule has 2 N–H and O–H groups in total. The molecule has 0 spiro atoms. The van der Waals surface area contributed by atoms with E-state index in [0.29, 0.717) is 28.6 Å². The molecule has 0 saturated heterocycles. The minimum absolute atomic E-state index is 0.0543. The molecule has 3 aromatic rings. The predicted octanol–water partition coefficient (Wildman–Crippen LogP) is 3.71. The fourth-order valence-electron chi connectivity index (χ4n) is 3.69. The van der Waals surface area contributed by atoms with Crippen LogP contribution in [0.1, 0.15) is 18.4 Å². The summed E-state index contributed by atoms with van der Waals surface area (Å²) in [5.41, 5.74) is 2.31. The van der Waals surface area contributed by atoms with Gasteiger partial charge in [0.1, 0.15) is 0 Å². The molecule has 0 unspecified atom stereocenters. The van der Waals surface area contributed by atoms with Gasteiger partial charge in [-0.05, 0) is 61.9 Å². The number of nitrogens with zero attached hydrogens (tertiary/aromatic N) is 1. The maximum Gasteiger partial charge on any atom is 0.261 e. The molecule has 0 fully saturated rings. The van der Waals surface area contributed by atoms with E-state index in [4.69, 9.17) is 9.47 Å². The molecule has 37 heavy (non-hydrogen) atoms. The molecule has 1 heterocycles. The lowest BCUT2D eigenvalue weighted by molar-refractivity contribution is -0.116. The van der Waals surface area contributed by atoms with Crippen molar-refractivity contribution in [2.75, 3.05) is 33.9 Å². The Labute approximate surface area is 216 Å². The highest BCUT2D eigenvalue weighted by Crippen LogP contribution is 2.36. The Morgan fingerprint density at radius 1 is 0.892 bits per heavy atom. The second-order valence-corrected chi connectivity index (χ2v) is 12.1. The number of benzene rings is 3. The first-order valence-electron chi connectivity index (χ1n) is 11.4. The molecule has 10 nitrogen and oxygen atoms in total. The van der Waals surface area contributed by atoms with Gasteiger partial charge in [0.15, 0.2) is 11.5 Å². The molecule has 3 aromatic carbocycles. The molecule has 12 heteroatoms. The highest BCUT2D eigenvalue weighted by Gasteiger charge is 2.22. The smallest absolute Gasteiger partial charge is 0.261 e. The third-order valence-corrected chi connectivity index (χ3v) is 8.15. The summed E-state index contributed by atoms with van der Waals surface area (Å²) in [6.07, 6.45) is 1.42. The van der Waals surface area contributed by atoms with Gasteiger partial charge < -0.3 is 14.8 Å². The molecule has 1 amide bonds. The molecule has 196 valence electrons. The molecule has 1 aliphatic heterocycles. The number of carbonyl (C=O) groups excluding carboxylic acids is 1. The summed E-state index contributed by atoms with van der Waals surface area (Å²) in [7, 11) is -7.37. The Balaban J connectivity index is 1.32. The Bertz CT molecular complexity index is 1490. The molecule has 1 aliphatic rings. The van der Waals surface area contributed by atoms with E-state index in [1.807, 2.05) is 6.92 Å². The molecule has 0 aliphatic carbocycles. The largest absolute Gasteiger partial charge is 0.454 e. The van der Waals surface area contributed by atoms with E-state index >= 15 is 0 Å². The average Bonchev–Trinajstić information content (AvgIpc) is 3.31. The first-order chi connectivity index (χ1) is 17.5. The van der Waals surface area contributed by atoms with Gasteiger partial charge >= 0.3 is 0 Å². The molecule has 0 aromatic heterocycles. The van der Waals surface area contributed by atoms with Gasteiger partial charge in [-0.25, -0.2) is 16.8 Å². The average molecular weight is 546 g/mol. The normalized spacial score (nSPS) is 12.7. The highest BCUT2D eigenvalue weighted by molar-refractivity contribution is 7.92. The number of fused-ring (bicyclic) bond motifs is 1. The topological polar surface area (TPSA) is 131 Å². The van der Waals surface area contributed by atoms with E-state index in [1.165, 1.54) is 28.6 Å². The summed E-state index contributed by atoms with van der Waals surface area (Å²) in [6.45, 7) is 2.08. The van der Waals surface area contributed by atoms with Crippen LogP contribution in [0.2, 0.25) is 0 Å². The van der Waals surface area contributed by atoms with Gasteiger partial charge in [-0.1, -0.05) is 17.7 Å². The lowest BCUT2D eigenvalue weighted by atomic mass is 10.2. The number of anilines is 3. The number of aryl methyl sites for hydroxylation is 1. The summed E-state index contributed by atoms with van der Waals surface area (Å²) in [5, 5.41) is 2.70. The highest BCUT2D eigenvalue weighted by atomic mass is 32.2. The quantitative estimate of drug-likeness (QED) is 0.397. The van der Waals surface area contributed by atoms with Gasteiger partial charge in [-0.3, -0.25) is 13.8 Å². The first-order valence-corrected chi connectivity index (χ1v) is 14.7. The van der Waals surface area contributed by atoms with Crippen LogP contribution in [0.15, 0.2) is 71.6 Å². The van der Waals surface area contributed by atoms with Crippen LogP contribution >= 0.6 is 0 Å². The van der Waals surface area contributed by atoms with E-state index in [-0.39, 0.29) is 37.0 Å².